The second-order valence-electron chi connectivity index (χ2n) is 6.69. The van der Waals surface area contributed by atoms with Gasteiger partial charge in [0.05, 0.1) is 6.10 Å². The smallest absolute Gasteiger partial charge is 0.248 e. The van der Waals surface area contributed by atoms with Gasteiger partial charge in [-0.05, 0) is 52.4 Å². The first-order chi connectivity index (χ1) is 9.93. The third-order valence-electron chi connectivity index (χ3n) is 4.41. The number of carbonyl (C=O) groups is 2. The van der Waals surface area contributed by atoms with Gasteiger partial charge in [-0.1, -0.05) is 0 Å². The molecular formula is C16H28N2O3. The Bertz CT molecular complexity index is 393. The standard InChI is InChI=1S/C16H28N2O3/c1-12(2)21-11-5-4-9-18-10-8-14(19)17-16(3,15(18)20)13-6-7-13/h12-13H,4-11H2,1-3H3,(H,17,19). The molecule has 0 spiro atoms. The van der Waals surface area contributed by atoms with Gasteiger partial charge in [-0.2, -0.15) is 0 Å². The quantitative estimate of drug-likeness (QED) is 0.728. The number of ether oxygens (including phenoxy) is 1. The van der Waals surface area contributed by atoms with Crippen molar-refractivity contribution in [2.75, 3.05) is 19.7 Å². The summed E-state index contributed by atoms with van der Waals surface area (Å²) in [5, 5.41) is 2.96. The molecule has 1 saturated heterocycles. The minimum absolute atomic E-state index is 0.00314. The summed E-state index contributed by atoms with van der Waals surface area (Å²) >= 11 is 0. The Morgan fingerprint density at radius 1 is 1.33 bits per heavy atom. The Morgan fingerprint density at radius 2 is 2.05 bits per heavy atom. The lowest BCUT2D eigenvalue weighted by Gasteiger charge is -2.32. The first kappa shape index (κ1) is 16.3. The summed E-state index contributed by atoms with van der Waals surface area (Å²) in [5.41, 5.74) is -0.679. The Kier molecular flexibility index (Phi) is 5.25. The van der Waals surface area contributed by atoms with Crippen molar-refractivity contribution in [1.29, 1.82) is 0 Å². The number of nitrogens with zero attached hydrogens (tertiary/aromatic N) is 1. The number of nitrogens with one attached hydrogen (secondary N) is 1. The van der Waals surface area contributed by atoms with Gasteiger partial charge in [-0.25, -0.2) is 0 Å². The highest BCUT2D eigenvalue weighted by Crippen LogP contribution is 2.41. The lowest BCUT2D eigenvalue weighted by Crippen LogP contribution is -2.56. The van der Waals surface area contributed by atoms with Crippen LogP contribution in [0.3, 0.4) is 0 Å². The molecule has 1 aliphatic heterocycles. The number of hydrogen-bond acceptors (Lipinski definition) is 3. The molecule has 5 nitrogen and oxygen atoms in total. The summed E-state index contributed by atoms with van der Waals surface area (Å²) < 4.78 is 5.52. The minimum Gasteiger partial charge on any atom is -0.379 e. The van der Waals surface area contributed by atoms with Crippen LogP contribution < -0.4 is 5.32 Å². The van der Waals surface area contributed by atoms with E-state index >= 15 is 0 Å². The first-order valence-electron chi connectivity index (χ1n) is 8.15. The molecule has 2 fully saturated rings. The molecule has 1 saturated carbocycles. The van der Waals surface area contributed by atoms with E-state index in [0.29, 0.717) is 18.9 Å². The van der Waals surface area contributed by atoms with E-state index in [1.807, 2.05) is 25.7 Å². The van der Waals surface area contributed by atoms with Crippen LogP contribution in [0.2, 0.25) is 0 Å². The molecule has 5 heteroatoms. The van der Waals surface area contributed by atoms with Crippen LogP contribution in [0.5, 0.6) is 0 Å². The molecule has 1 heterocycles. The molecule has 1 unspecified atom stereocenters. The zero-order valence-electron chi connectivity index (χ0n) is 13.5. The van der Waals surface area contributed by atoms with Crippen molar-refractivity contribution in [2.24, 2.45) is 5.92 Å². The number of amides is 2. The highest BCUT2D eigenvalue weighted by molar-refractivity contribution is 5.93. The van der Waals surface area contributed by atoms with E-state index in [1.165, 1.54) is 0 Å². The predicted octanol–water partition coefficient (Wildman–Crippen LogP) is 1.71. The maximum atomic E-state index is 12.7. The molecular weight excluding hydrogens is 268 g/mol. The fourth-order valence-electron chi connectivity index (χ4n) is 2.95. The summed E-state index contributed by atoms with van der Waals surface area (Å²) in [4.78, 5) is 26.5. The molecule has 2 aliphatic rings. The van der Waals surface area contributed by atoms with Gasteiger partial charge in [-0.3, -0.25) is 9.59 Å². The largest absolute Gasteiger partial charge is 0.379 e. The lowest BCUT2D eigenvalue weighted by atomic mass is 9.94. The molecule has 2 rings (SSSR count). The third-order valence-corrected chi connectivity index (χ3v) is 4.41. The van der Waals surface area contributed by atoms with E-state index < -0.39 is 5.54 Å². The third kappa shape index (κ3) is 4.19. The number of carbonyl (C=O) groups excluding carboxylic acids is 2. The summed E-state index contributed by atoms with van der Waals surface area (Å²) in [6, 6.07) is 0. The predicted molar refractivity (Wildman–Crippen MR) is 80.8 cm³/mol. The second-order valence-corrected chi connectivity index (χ2v) is 6.69. The monoisotopic (exact) mass is 296 g/mol. The van der Waals surface area contributed by atoms with Gasteiger partial charge in [0.25, 0.3) is 0 Å². The molecule has 0 radical (unpaired) electrons. The maximum absolute atomic E-state index is 12.7. The van der Waals surface area contributed by atoms with Crippen molar-refractivity contribution in [2.45, 2.75) is 64.5 Å². The summed E-state index contributed by atoms with van der Waals surface area (Å²) in [6.45, 7) is 7.94. The SMILES string of the molecule is CC(C)OCCCCN1CCC(=O)NC(C)(C2CC2)C1=O. The second kappa shape index (κ2) is 6.77. The molecule has 1 atom stereocenters. The van der Waals surface area contributed by atoms with Gasteiger partial charge >= 0.3 is 0 Å². The van der Waals surface area contributed by atoms with Gasteiger partial charge < -0.3 is 15.0 Å². The average Bonchev–Trinajstić information content (AvgIpc) is 3.24. The molecule has 120 valence electrons. The van der Waals surface area contributed by atoms with Gasteiger partial charge in [-0.15, -0.1) is 0 Å². The molecule has 0 aromatic rings. The molecule has 2 amide bonds. The van der Waals surface area contributed by atoms with E-state index in [1.54, 1.807) is 0 Å². The van der Waals surface area contributed by atoms with Crippen molar-refractivity contribution in [3.63, 3.8) is 0 Å². The average molecular weight is 296 g/mol. The summed E-state index contributed by atoms with van der Waals surface area (Å²) in [6.07, 6.45) is 4.62. The Hall–Kier alpha value is -1.10. The van der Waals surface area contributed by atoms with Crippen molar-refractivity contribution in [3.05, 3.63) is 0 Å². The Labute approximate surface area is 127 Å². The van der Waals surface area contributed by atoms with Crippen LogP contribution in [0.4, 0.5) is 0 Å². The molecule has 1 N–H and O–H groups in total. The fraction of sp³-hybridized carbons (Fsp3) is 0.875. The Balaban J connectivity index is 1.86. The highest BCUT2D eigenvalue weighted by atomic mass is 16.5. The normalized spacial score (nSPS) is 27.0. The maximum Gasteiger partial charge on any atom is 0.248 e. The van der Waals surface area contributed by atoms with Crippen LogP contribution in [0, 0.1) is 5.92 Å². The molecule has 0 bridgehead atoms. The molecule has 0 aromatic carbocycles. The lowest BCUT2D eigenvalue weighted by molar-refractivity contribution is -0.139. The number of hydrogen-bond donors (Lipinski definition) is 1. The van der Waals surface area contributed by atoms with Gasteiger partial charge in [0.15, 0.2) is 0 Å². The van der Waals surface area contributed by atoms with E-state index in [-0.39, 0.29) is 17.9 Å². The van der Waals surface area contributed by atoms with Crippen molar-refractivity contribution >= 4 is 11.8 Å². The van der Waals surface area contributed by atoms with Crippen LogP contribution in [0.15, 0.2) is 0 Å². The van der Waals surface area contributed by atoms with Crippen LogP contribution in [0.25, 0.3) is 0 Å². The number of rotatable bonds is 7. The van der Waals surface area contributed by atoms with Crippen molar-refractivity contribution in [3.8, 4) is 0 Å². The van der Waals surface area contributed by atoms with Crippen molar-refractivity contribution in [1.82, 2.24) is 10.2 Å². The van der Waals surface area contributed by atoms with Crippen molar-refractivity contribution < 1.29 is 14.3 Å². The van der Waals surface area contributed by atoms with E-state index in [2.05, 4.69) is 5.32 Å². The van der Waals surface area contributed by atoms with Crippen LogP contribution in [0.1, 0.15) is 52.9 Å². The van der Waals surface area contributed by atoms with E-state index in [0.717, 1.165) is 38.8 Å². The fourth-order valence-corrected chi connectivity index (χ4v) is 2.95. The molecule has 1 aliphatic carbocycles. The van der Waals surface area contributed by atoms with Crippen LogP contribution in [-0.2, 0) is 14.3 Å². The molecule has 0 aromatic heterocycles. The van der Waals surface area contributed by atoms with Gasteiger partial charge in [0, 0.05) is 26.1 Å². The number of unbranched alkanes of at least 4 members (excludes halogenated alkanes) is 1. The first-order valence-corrected chi connectivity index (χ1v) is 8.15. The summed E-state index contributed by atoms with van der Waals surface area (Å²) in [5.74, 6) is 0.419. The zero-order valence-corrected chi connectivity index (χ0v) is 13.5. The summed E-state index contributed by atoms with van der Waals surface area (Å²) in [7, 11) is 0. The van der Waals surface area contributed by atoms with Gasteiger partial charge in [0.2, 0.25) is 11.8 Å². The Morgan fingerprint density at radius 3 is 2.67 bits per heavy atom. The van der Waals surface area contributed by atoms with E-state index in [4.69, 9.17) is 4.74 Å². The van der Waals surface area contributed by atoms with Crippen LogP contribution in [-0.4, -0.2) is 48.1 Å². The highest BCUT2D eigenvalue weighted by Gasteiger charge is 2.50. The minimum atomic E-state index is -0.679. The van der Waals surface area contributed by atoms with E-state index in [9.17, 15) is 9.59 Å². The van der Waals surface area contributed by atoms with Crippen LogP contribution >= 0.6 is 0 Å². The molecule has 21 heavy (non-hydrogen) atoms. The zero-order chi connectivity index (χ0) is 15.5. The topological polar surface area (TPSA) is 58.6 Å². The van der Waals surface area contributed by atoms with Gasteiger partial charge in [0.1, 0.15) is 5.54 Å².